The number of ether oxygens (including phenoxy) is 1. The number of hydrogen-bond donors (Lipinski definition) is 0. The van der Waals surface area contributed by atoms with Gasteiger partial charge in [-0.3, -0.25) is 4.98 Å². The number of rotatable bonds is 1. The molecule has 3 heteroatoms. The van der Waals surface area contributed by atoms with Crippen molar-refractivity contribution in [1.29, 1.82) is 0 Å². The molecule has 0 saturated carbocycles. The van der Waals surface area contributed by atoms with E-state index in [2.05, 4.69) is 29.9 Å². The monoisotopic (exact) mass is 226 g/mol. The fraction of sp³-hybridized carbons (Fsp3) is 0.286. The first kappa shape index (κ1) is 10.3. The zero-order valence-electron chi connectivity index (χ0n) is 9.97. The number of fused-ring (bicyclic) bond motifs is 1. The van der Waals surface area contributed by atoms with Crippen molar-refractivity contribution in [1.82, 2.24) is 4.98 Å². The van der Waals surface area contributed by atoms with E-state index in [9.17, 15) is 0 Å². The van der Waals surface area contributed by atoms with Gasteiger partial charge in [0.05, 0.1) is 16.6 Å². The molecule has 0 N–H and O–H groups in total. The lowest BCUT2D eigenvalue weighted by molar-refractivity contribution is 0.279. The van der Waals surface area contributed by atoms with E-state index in [1.54, 1.807) is 0 Å². The Morgan fingerprint density at radius 3 is 2.82 bits per heavy atom. The molecule has 3 nitrogen and oxygen atoms in total. The molecule has 0 bridgehead atoms. The maximum atomic E-state index is 5.61. The minimum atomic E-state index is -0.124. The van der Waals surface area contributed by atoms with Crippen molar-refractivity contribution in [3.8, 4) is 0 Å². The summed E-state index contributed by atoms with van der Waals surface area (Å²) < 4.78 is 5.61. The second kappa shape index (κ2) is 3.55. The summed E-state index contributed by atoms with van der Waals surface area (Å²) in [6.45, 7) is 4.76. The number of hydrogen-bond acceptors (Lipinski definition) is 3. The fourth-order valence-corrected chi connectivity index (χ4v) is 1.92. The van der Waals surface area contributed by atoms with Crippen LogP contribution in [-0.4, -0.2) is 23.0 Å². The van der Waals surface area contributed by atoms with Gasteiger partial charge in [0.1, 0.15) is 6.61 Å². The topological polar surface area (TPSA) is 34.5 Å². The third-order valence-electron chi connectivity index (χ3n) is 2.80. The number of aliphatic imine (C=N–C) groups is 1. The lowest BCUT2D eigenvalue weighted by Gasteiger charge is -2.07. The maximum absolute atomic E-state index is 5.61. The van der Waals surface area contributed by atoms with E-state index in [1.165, 1.54) is 0 Å². The molecule has 0 spiro atoms. The SMILES string of the molecule is CC1(C)COC(c2cnc3ccccc3c2)=N1. The van der Waals surface area contributed by atoms with Crippen molar-refractivity contribution >= 4 is 16.8 Å². The van der Waals surface area contributed by atoms with Gasteiger partial charge in [0.2, 0.25) is 5.90 Å². The molecule has 0 radical (unpaired) electrons. The molecule has 0 unspecified atom stereocenters. The molecule has 17 heavy (non-hydrogen) atoms. The Labute approximate surface area is 100 Å². The van der Waals surface area contributed by atoms with Crippen LogP contribution in [-0.2, 0) is 4.74 Å². The van der Waals surface area contributed by atoms with Crippen molar-refractivity contribution in [3.05, 3.63) is 42.1 Å². The molecule has 1 aromatic heterocycles. The molecule has 0 atom stereocenters. The van der Waals surface area contributed by atoms with E-state index in [-0.39, 0.29) is 5.54 Å². The van der Waals surface area contributed by atoms with Gasteiger partial charge in [-0.2, -0.15) is 0 Å². The molecular formula is C14H14N2O. The van der Waals surface area contributed by atoms with Crippen molar-refractivity contribution in [2.45, 2.75) is 19.4 Å². The van der Waals surface area contributed by atoms with Crippen molar-refractivity contribution in [2.24, 2.45) is 4.99 Å². The second-order valence-corrected chi connectivity index (χ2v) is 4.93. The number of nitrogens with zero attached hydrogens (tertiary/aromatic N) is 2. The Morgan fingerprint density at radius 1 is 1.24 bits per heavy atom. The van der Waals surface area contributed by atoms with Crippen molar-refractivity contribution < 1.29 is 4.74 Å². The summed E-state index contributed by atoms with van der Waals surface area (Å²) in [7, 11) is 0. The quantitative estimate of drug-likeness (QED) is 0.749. The Morgan fingerprint density at radius 2 is 2.06 bits per heavy atom. The number of benzene rings is 1. The Bertz CT molecular complexity index is 602. The summed E-state index contributed by atoms with van der Waals surface area (Å²) in [4.78, 5) is 8.96. The lowest BCUT2D eigenvalue weighted by atomic mass is 10.1. The zero-order chi connectivity index (χ0) is 11.9. The van der Waals surface area contributed by atoms with Crippen LogP contribution in [0.4, 0.5) is 0 Å². The normalized spacial score (nSPS) is 17.9. The number of para-hydroxylation sites is 1. The highest BCUT2D eigenvalue weighted by atomic mass is 16.5. The highest BCUT2D eigenvalue weighted by Gasteiger charge is 2.27. The Kier molecular flexibility index (Phi) is 2.15. The molecule has 1 aliphatic rings. The van der Waals surface area contributed by atoms with Gasteiger partial charge >= 0.3 is 0 Å². The maximum Gasteiger partial charge on any atom is 0.218 e. The highest BCUT2D eigenvalue weighted by Crippen LogP contribution is 2.22. The van der Waals surface area contributed by atoms with Crippen LogP contribution in [0.2, 0.25) is 0 Å². The van der Waals surface area contributed by atoms with Crippen LogP contribution < -0.4 is 0 Å². The average Bonchev–Trinajstić information content (AvgIpc) is 2.69. The van der Waals surface area contributed by atoms with Crippen LogP contribution in [0.1, 0.15) is 19.4 Å². The van der Waals surface area contributed by atoms with Crippen molar-refractivity contribution in [2.75, 3.05) is 6.61 Å². The molecule has 0 amide bonds. The van der Waals surface area contributed by atoms with Gasteiger partial charge in [0, 0.05) is 11.6 Å². The first-order chi connectivity index (χ1) is 8.14. The summed E-state index contributed by atoms with van der Waals surface area (Å²) in [6.07, 6.45) is 1.82. The van der Waals surface area contributed by atoms with E-state index >= 15 is 0 Å². The summed E-state index contributed by atoms with van der Waals surface area (Å²) in [5, 5.41) is 1.11. The van der Waals surface area contributed by atoms with Gasteiger partial charge in [-0.25, -0.2) is 4.99 Å². The van der Waals surface area contributed by atoms with Gasteiger partial charge in [-0.1, -0.05) is 18.2 Å². The first-order valence-electron chi connectivity index (χ1n) is 5.72. The third-order valence-corrected chi connectivity index (χ3v) is 2.80. The predicted octanol–water partition coefficient (Wildman–Crippen LogP) is 2.79. The highest BCUT2D eigenvalue weighted by molar-refractivity contribution is 5.98. The van der Waals surface area contributed by atoms with Crippen molar-refractivity contribution in [3.63, 3.8) is 0 Å². The molecule has 0 aliphatic carbocycles. The van der Waals surface area contributed by atoms with E-state index in [0.29, 0.717) is 12.5 Å². The standard InChI is InChI=1S/C14H14N2O/c1-14(2)9-17-13(16-14)11-7-10-5-3-4-6-12(10)15-8-11/h3-8H,9H2,1-2H3. The smallest absolute Gasteiger partial charge is 0.218 e. The molecule has 2 aromatic rings. The van der Waals surface area contributed by atoms with Gasteiger partial charge in [-0.05, 0) is 26.0 Å². The first-order valence-corrected chi connectivity index (χ1v) is 5.72. The van der Waals surface area contributed by atoms with E-state index in [0.717, 1.165) is 16.5 Å². The van der Waals surface area contributed by atoms with Crippen LogP contribution in [0.15, 0.2) is 41.5 Å². The van der Waals surface area contributed by atoms with Gasteiger partial charge in [-0.15, -0.1) is 0 Å². The van der Waals surface area contributed by atoms with Crippen LogP contribution in [0.3, 0.4) is 0 Å². The minimum Gasteiger partial charge on any atom is -0.475 e. The lowest BCUT2D eigenvalue weighted by Crippen LogP contribution is -2.17. The van der Waals surface area contributed by atoms with Crippen LogP contribution in [0, 0.1) is 0 Å². The third kappa shape index (κ3) is 1.88. The number of aromatic nitrogens is 1. The summed E-state index contributed by atoms with van der Waals surface area (Å²) in [5.41, 5.74) is 1.82. The molecule has 1 aromatic carbocycles. The summed E-state index contributed by atoms with van der Waals surface area (Å²) in [6, 6.07) is 10.1. The summed E-state index contributed by atoms with van der Waals surface area (Å²) >= 11 is 0. The second-order valence-electron chi connectivity index (χ2n) is 4.93. The molecular weight excluding hydrogens is 212 g/mol. The largest absolute Gasteiger partial charge is 0.475 e. The zero-order valence-corrected chi connectivity index (χ0v) is 9.97. The molecule has 1 aliphatic heterocycles. The molecule has 3 rings (SSSR count). The molecule has 2 heterocycles. The van der Waals surface area contributed by atoms with E-state index < -0.39 is 0 Å². The van der Waals surface area contributed by atoms with Crippen LogP contribution in [0.5, 0.6) is 0 Å². The van der Waals surface area contributed by atoms with Gasteiger partial charge in [0.15, 0.2) is 0 Å². The van der Waals surface area contributed by atoms with Gasteiger partial charge < -0.3 is 4.74 Å². The summed E-state index contributed by atoms with van der Waals surface area (Å²) in [5.74, 6) is 0.702. The Balaban J connectivity index is 2.07. The van der Waals surface area contributed by atoms with E-state index in [4.69, 9.17) is 4.74 Å². The van der Waals surface area contributed by atoms with E-state index in [1.807, 2.05) is 30.5 Å². The molecule has 86 valence electrons. The minimum absolute atomic E-state index is 0.124. The molecule has 0 saturated heterocycles. The van der Waals surface area contributed by atoms with Crippen LogP contribution in [0.25, 0.3) is 10.9 Å². The average molecular weight is 226 g/mol. The predicted molar refractivity (Wildman–Crippen MR) is 68.3 cm³/mol. The van der Waals surface area contributed by atoms with Gasteiger partial charge in [0.25, 0.3) is 0 Å². The Hall–Kier alpha value is -1.90. The number of pyridine rings is 1. The fourth-order valence-electron chi connectivity index (χ4n) is 1.92. The molecule has 0 fully saturated rings. The van der Waals surface area contributed by atoms with Crippen LogP contribution >= 0.6 is 0 Å².